The van der Waals surface area contributed by atoms with Crippen molar-refractivity contribution in [3.63, 3.8) is 0 Å². The second-order valence-corrected chi connectivity index (χ2v) is 6.99. The molecule has 0 aliphatic carbocycles. The molecule has 2 aromatic rings. The standard InChI is InChI=1S/C15H19N3O5S/c1-12-10-14(17-23-12)18(24(2,20)21)9-8-16-15(19)11-22-13-6-4-3-5-7-13/h3-7,10H,8-9,11H2,1-2H3,(H,16,19). The van der Waals surface area contributed by atoms with Crippen molar-refractivity contribution in [1.29, 1.82) is 0 Å². The molecular weight excluding hydrogens is 334 g/mol. The highest BCUT2D eigenvalue weighted by atomic mass is 32.2. The Morgan fingerprint density at radius 1 is 1.33 bits per heavy atom. The molecule has 1 heterocycles. The summed E-state index contributed by atoms with van der Waals surface area (Å²) >= 11 is 0. The van der Waals surface area contributed by atoms with Crippen molar-refractivity contribution in [1.82, 2.24) is 10.5 Å². The largest absolute Gasteiger partial charge is 0.484 e. The third-order valence-electron chi connectivity index (χ3n) is 3.02. The van der Waals surface area contributed by atoms with Gasteiger partial charge in [0.1, 0.15) is 11.5 Å². The number of sulfonamides is 1. The number of para-hydroxylation sites is 1. The first-order valence-corrected chi connectivity index (χ1v) is 9.06. The zero-order chi connectivity index (χ0) is 17.6. The van der Waals surface area contributed by atoms with Crippen LogP contribution in [0.5, 0.6) is 5.75 Å². The molecule has 0 aliphatic rings. The fourth-order valence-electron chi connectivity index (χ4n) is 1.93. The molecule has 0 unspecified atom stereocenters. The van der Waals surface area contributed by atoms with E-state index >= 15 is 0 Å². The Morgan fingerprint density at radius 2 is 2.04 bits per heavy atom. The van der Waals surface area contributed by atoms with Crippen LogP contribution < -0.4 is 14.4 Å². The van der Waals surface area contributed by atoms with Gasteiger partial charge >= 0.3 is 0 Å². The van der Waals surface area contributed by atoms with Gasteiger partial charge in [-0.1, -0.05) is 23.4 Å². The van der Waals surface area contributed by atoms with E-state index in [-0.39, 0.29) is 31.4 Å². The topological polar surface area (TPSA) is 102 Å². The van der Waals surface area contributed by atoms with Crippen LogP contribution in [0.1, 0.15) is 5.76 Å². The first-order chi connectivity index (χ1) is 11.4. The minimum Gasteiger partial charge on any atom is -0.484 e. The van der Waals surface area contributed by atoms with Gasteiger partial charge in [0.05, 0.1) is 12.8 Å². The van der Waals surface area contributed by atoms with E-state index in [1.165, 1.54) is 6.07 Å². The predicted molar refractivity (Wildman–Crippen MR) is 88.4 cm³/mol. The summed E-state index contributed by atoms with van der Waals surface area (Å²) in [7, 11) is -3.53. The number of aryl methyl sites for hydroxylation is 1. The number of carbonyl (C=O) groups excluding carboxylic acids is 1. The van der Waals surface area contributed by atoms with Crippen molar-refractivity contribution >= 4 is 21.7 Å². The number of hydrogen-bond acceptors (Lipinski definition) is 6. The molecule has 24 heavy (non-hydrogen) atoms. The Balaban J connectivity index is 1.83. The zero-order valence-electron chi connectivity index (χ0n) is 13.4. The Kier molecular flexibility index (Phi) is 5.80. The van der Waals surface area contributed by atoms with Crippen LogP contribution in [-0.2, 0) is 14.8 Å². The molecule has 0 saturated heterocycles. The van der Waals surface area contributed by atoms with Gasteiger partial charge in [0, 0.05) is 12.6 Å². The molecule has 0 atom stereocenters. The maximum atomic E-state index is 11.8. The Bertz CT molecular complexity index is 773. The summed E-state index contributed by atoms with van der Waals surface area (Å²) in [6.07, 6.45) is 1.07. The number of aromatic nitrogens is 1. The van der Waals surface area contributed by atoms with Crippen molar-refractivity contribution in [2.24, 2.45) is 0 Å². The molecule has 1 aromatic heterocycles. The number of benzene rings is 1. The number of carbonyl (C=O) groups is 1. The van der Waals surface area contributed by atoms with Gasteiger partial charge in [0.15, 0.2) is 12.4 Å². The summed E-state index contributed by atoms with van der Waals surface area (Å²) < 4.78 is 34.9. The summed E-state index contributed by atoms with van der Waals surface area (Å²) in [4.78, 5) is 11.7. The zero-order valence-corrected chi connectivity index (χ0v) is 14.2. The lowest BCUT2D eigenvalue weighted by Crippen LogP contribution is -2.39. The van der Waals surface area contributed by atoms with Gasteiger partial charge in [0.2, 0.25) is 10.0 Å². The molecule has 9 heteroatoms. The Labute approximate surface area is 140 Å². The third kappa shape index (κ3) is 5.27. The quantitative estimate of drug-likeness (QED) is 0.758. The number of nitrogens with zero attached hydrogens (tertiary/aromatic N) is 2. The van der Waals surface area contributed by atoms with Crippen molar-refractivity contribution in [2.45, 2.75) is 6.92 Å². The highest BCUT2D eigenvalue weighted by Crippen LogP contribution is 2.16. The maximum Gasteiger partial charge on any atom is 0.258 e. The molecule has 0 aliphatic heterocycles. The van der Waals surface area contributed by atoms with E-state index < -0.39 is 10.0 Å². The van der Waals surface area contributed by atoms with Gasteiger partial charge < -0.3 is 14.6 Å². The summed E-state index contributed by atoms with van der Waals surface area (Å²) in [5.74, 6) is 0.927. The van der Waals surface area contributed by atoms with Crippen LogP contribution in [0.25, 0.3) is 0 Å². The predicted octanol–water partition coefficient (Wildman–Crippen LogP) is 0.944. The van der Waals surface area contributed by atoms with Crippen LogP contribution in [0.4, 0.5) is 5.82 Å². The molecule has 0 radical (unpaired) electrons. The fraction of sp³-hybridized carbons (Fsp3) is 0.333. The number of anilines is 1. The van der Waals surface area contributed by atoms with Crippen LogP contribution in [0, 0.1) is 6.92 Å². The number of amides is 1. The van der Waals surface area contributed by atoms with Crippen LogP contribution in [-0.4, -0.2) is 45.4 Å². The second kappa shape index (κ2) is 7.82. The highest BCUT2D eigenvalue weighted by molar-refractivity contribution is 7.92. The lowest BCUT2D eigenvalue weighted by molar-refractivity contribution is -0.123. The number of rotatable bonds is 8. The molecule has 8 nitrogen and oxygen atoms in total. The van der Waals surface area contributed by atoms with E-state index in [0.717, 1.165) is 10.6 Å². The summed E-state index contributed by atoms with van der Waals surface area (Å²) in [6.45, 7) is 1.68. The normalized spacial score (nSPS) is 11.1. The van der Waals surface area contributed by atoms with Crippen molar-refractivity contribution in [3.8, 4) is 5.75 Å². The number of nitrogens with one attached hydrogen (secondary N) is 1. The average molecular weight is 353 g/mol. The van der Waals surface area contributed by atoms with E-state index in [2.05, 4.69) is 10.5 Å². The van der Waals surface area contributed by atoms with Crippen molar-refractivity contribution in [3.05, 3.63) is 42.2 Å². The fourth-order valence-corrected chi connectivity index (χ4v) is 2.78. The van der Waals surface area contributed by atoms with E-state index in [1.807, 2.05) is 6.07 Å². The van der Waals surface area contributed by atoms with Gasteiger partial charge in [-0.05, 0) is 19.1 Å². The third-order valence-corrected chi connectivity index (χ3v) is 4.19. The molecule has 0 spiro atoms. The summed E-state index contributed by atoms with van der Waals surface area (Å²) in [5, 5.41) is 6.29. The molecule has 1 N–H and O–H groups in total. The first kappa shape index (κ1) is 17.8. The minimum absolute atomic E-state index is 0.0435. The van der Waals surface area contributed by atoms with E-state index in [4.69, 9.17) is 9.26 Å². The lowest BCUT2D eigenvalue weighted by atomic mass is 10.3. The second-order valence-electron chi connectivity index (χ2n) is 5.08. The molecule has 0 saturated carbocycles. The smallest absolute Gasteiger partial charge is 0.258 e. The van der Waals surface area contributed by atoms with E-state index in [9.17, 15) is 13.2 Å². The first-order valence-electron chi connectivity index (χ1n) is 7.22. The van der Waals surface area contributed by atoms with Gasteiger partial charge in [-0.3, -0.25) is 4.79 Å². The maximum absolute atomic E-state index is 11.8. The Morgan fingerprint density at radius 3 is 2.62 bits per heavy atom. The van der Waals surface area contributed by atoms with Gasteiger partial charge in [0.25, 0.3) is 5.91 Å². The minimum atomic E-state index is -3.53. The lowest BCUT2D eigenvalue weighted by Gasteiger charge is -2.19. The molecule has 2 rings (SSSR count). The Hall–Kier alpha value is -2.55. The summed E-state index contributed by atoms with van der Waals surface area (Å²) in [5.41, 5.74) is 0. The van der Waals surface area contributed by atoms with Crippen LogP contribution in [0.15, 0.2) is 40.9 Å². The molecular formula is C15H19N3O5S. The van der Waals surface area contributed by atoms with Gasteiger partial charge in [-0.2, -0.15) is 0 Å². The van der Waals surface area contributed by atoms with Crippen LogP contribution in [0.3, 0.4) is 0 Å². The number of ether oxygens (including phenoxy) is 1. The van der Waals surface area contributed by atoms with Crippen molar-refractivity contribution < 1.29 is 22.5 Å². The van der Waals surface area contributed by atoms with Gasteiger partial charge in [-0.15, -0.1) is 0 Å². The molecule has 130 valence electrons. The van der Waals surface area contributed by atoms with E-state index in [0.29, 0.717) is 11.5 Å². The van der Waals surface area contributed by atoms with Gasteiger partial charge in [-0.25, -0.2) is 12.7 Å². The highest BCUT2D eigenvalue weighted by Gasteiger charge is 2.20. The van der Waals surface area contributed by atoms with E-state index in [1.54, 1.807) is 31.2 Å². The molecule has 1 amide bonds. The average Bonchev–Trinajstić information content (AvgIpc) is 2.95. The summed E-state index contributed by atoms with van der Waals surface area (Å²) in [6, 6.07) is 10.4. The SMILES string of the molecule is Cc1cc(N(CCNC(=O)COc2ccccc2)S(C)(=O)=O)no1. The molecule has 0 bridgehead atoms. The van der Waals surface area contributed by atoms with Crippen LogP contribution in [0.2, 0.25) is 0 Å². The number of hydrogen-bond donors (Lipinski definition) is 1. The van der Waals surface area contributed by atoms with Crippen LogP contribution >= 0.6 is 0 Å². The molecule has 0 fully saturated rings. The van der Waals surface area contributed by atoms with Crippen molar-refractivity contribution in [2.75, 3.05) is 30.3 Å². The molecule has 1 aromatic carbocycles. The monoisotopic (exact) mass is 353 g/mol.